The minimum absolute atomic E-state index is 0.0704. The number of hydrogen-bond acceptors (Lipinski definition) is 4. The Kier molecular flexibility index (Phi) is 6.64. The molecule has 1 aliphatic heterocycles. The van der Waals surface area contributed by atoms with Crippen LogP contribution in [0.25, 0.3) is 0 Å². The zero-order chi connectivity index (χ0) is 19.9. The maximum atomic E-state index is 13.0. The summed E-state index contributed by atoms with van der Waals surface area (Å²) in [4.78, 5) is 17.4. The molecule has 1 saturated heterocycles. The predicted octanol–water partition coefficient (Wildman–Crippen LogP) is 3.75. The summed E-state index contributed by atoms with van der Waals surface area (Å²) in [5.74, 6) is 1.14. The minimum Gasteiger partial charge on any atom is -0.492 e. The van der Waals surface area contributed by atoms with E-state index in [1.54, 1.807) is 11.3 Å². The second-order valence-electron chi connectivity index (χ2n) is 7.29. The van der Waals surface area contributed by atoms with Crippen LogP contribution in [0.4, 0.5) is 0 Å². The summed E-state index contributed by atoms with van der Waals surface area (Å²) in [5.41, 5.74) is 1.20. The van der Waals surface area contributed by atoms with Crippen molar-refractivity contribution in [1.29, 1.82) is 0 Å². The maximum Gasteiger partial charge on any atom is 0.225 e. The van der Waals surface area contributed by atoms with Crippen LogP contribution in [-0.4, -0.2) is 59.6 Å². The van der Waals surface area contributed by atoms with Gasteiger partial charge in [0.2, 0.25) is 5.91 Å². The van der Waals surface area contributed by atoms with E-state index < -0.39 is 0 Å². The SMILES string of the molecule is O=C(C[C@H](c1ccsc1)n1cccc1)N1CCN(CCOc2ccccc2)CC1. The molecule has 5 nitrogen and oxygen atoms in total. The van der Waals surface area contributed by atoms with Crippen LogP contribution in [0.2, 0.25) is 0 Å². The second-order valence-corrected chi connectivity index (χ2v) is 8.07. The highest BCUT2D eigenvalue weighted by Gasteiger charge is 2.25. The number of hydrogen-bond donors (Lipinski definition) is 0. The summed E-state index contributed by atoms with van der Waals surface area (Å²) < 4.78 is 7.93. The number of thiophene rings is 1. The van der Waals surface area contributed by atoms with Crippen LogP contribution in [0.3, 0.4) is 0 Å². The standard InChI is InChI=1S/C23H27N3O2S/c27-23(18-22(20-8-17-29-19-20)25-9-4-5-10-25)26-13-11-24(12-14-26)15-16-28-21-6-2-1-3-7-21/h1-10,17,19,22H,11-16,18H2/t22-/m1/s1. The molecule has 0 unspecified atom stereocenters. The monoisotopic (exact) mass is 409 g/mol. The third-order valence-corrected chi connectivity index (χ3v) is 6.13. The average molecular weight is 410 g/mol. The van der Waals surface area contributed by atoms with Gasteiger partial charge in [-0.3, -0.25) is 9.69 Å². The normalized spacial score (nSPS) is 15.9. The van der Waals surface area contributed by atoms with Crippen LogP contribution in [0.15, 0.2) is 71.7 Å². The molecule has 3 heterocycles. The van der Waals surface area contributed by atoms with E-state index in [1.165, 1.54) is 5.56 Å². The Morgan fingerprint density at radius 1 is 1.00 bits per heavy atom. The lowest BCUT2D eigenvalue weighted by atomic mass is 10.1. The molecule has 1 aliphatic rings. The fourth-order valence-corrected chi connectivity index (χ4v) is 4.45. The van der Waals surface area contributed by atoms with E-state index in [9.17, 15) is 4.79 Å². The van der Waals surface area contributed by atoms with Crippen molar-refractivity contribution in [3.05, 3.63) is 77.2 Å². The molecule has 0 radical (unpaired) electrons. The minimum atomic E-state index is 0.0704. The highest BCUT2D eigenvalue weighted by molar-refractivity contribution is 7.08. The van der Waals surface area contributed by atoms with E-state index in [0.717, 1.165) is 38.5 Å². The van der Waals surface area contributed by atoms with Crippen molar-refractivity contribution < 1.29 is 9.53 Å². The van der Waals surface area contributed by atoms with E-state index in [4.69, 9.17) is 4.74 Å². The molecule has 1 amide bonds. The van der Waals surface area contributed by atoms with Crippen LogP contribution in [-0.2, 0) is 4.79 Å². The number of ether oxygens (including phenoxy) is 1. The summed E-state index contributed by atoms with van der Waals surface area (Å²) in [6.07, 6.45) is 4.59. The highest BCUT2D eigenvalue weighted by atomic mass is 32.1. The van der Waals surface area contributed by atoms with E-state index in [2.05, 4.69) is 26.3 Å². The number of amides is 1. The molecule has 1 atom stereocenters. The lowest BCUT2D eigenvalue weighted by molar-refractivity contribution is -0.133. The number of nitrogens with zero attached hydrogens (tertiary/aromatic N) is 3. The Labute approximate surface area is 176 Å². The molecular weight excluding hydrogens is 382 g/mol. The largest absolute Gasteiger partial charge is 0.492 e. The zero-order valence-corrected chi connectivity index (χ0v) is 17.3. The van der Waals surface area contributed by atoms with Crippen LogP contribution in [0, 0.1) is 0 Å². The van der Waals surface area contributed by atoms with Gasteiger partial charge in [0.05, 0.1) is 12.5 Å². The number of rotatable bonds is 8. The van der Waals surface area contributed by atoms with Gasteiger partial charge in [0.15, 0.2) is 0 Å². The zero-order valence-electron chi connectivity index (χ0n) is 16.5. The molecule has 0 aliphatic carbocycles. The van der Waals surface area contributed by atoms with Crippen molar-refractivity contribution in [1.82, 2.24) is 14.4 Å². The molecule has 0 bridgehead atoms. The molecule has 0 N–H and O–H groups in total. The number of para-hydroxylation sites is 1. The number of benzene rings is 1. The molecule has 2 aromatic heterocycles. The van der Waals surface area contributed by atoms with Crippen molar-refractivity contribution in [2.45, 2.75) is 12.5 Å². The van der Waals surface area contributed by atoms with Crippen LogP contribution < -0.4 is 4.74 Å². The molecule has 152 valence electrons. The van der Waals surface area contributed by atoms with Gasteiger partial charge in [0.25, 0.3) is 0 Å². The molecule has 29 heavy (non-hydrogen) atoms. The Morgan fingerprint density at radius 3 is 2.45 bits per heavy atom. The summed E-state index contributed by atoms with van der Waals surface area (Å²) >= 11 is 1.68. The first-order valence-corrected chi connectivity index (χ1v) is 11.1. The van der Waals surface area contributed by atoms with Crippen molar-refractivity contribution in [3.8, 4) is 5.75 Å². The van der Waals surface area contributed by atoms with Crippen LogP contribution in [0.5, 0.6) is 5.75 Å². The molecule has 1 aromatic carbocycles. The van der Waals surface area contributed by atoms with Crippen LogP contribution in [0.1, 0.15) is 18.0 Å². The summed E-state index contributed by atoms with van der Waals surface area (Å²) in [5, 5.41) is 4.22. The summed E-state index contributed by atoms with van der Waals surface area (Å²) in [7, 11) is 0. The van der Waals surface area contributed by atoms with E-state index in [-0.39, 0.29) is 11.9 Å². The molecule has 3 aromatic rings. The van der Waals surface area contributed by atoms with Crippen molar-refractivity contribution in [2.75, 3.05) is 39.3 Å². The van der Waals surface area contributed by atoms with Gasteiger partial charge in [-0.1, -0.05) is 18.2 Å². The summed E-state index contributed by atoms with van der Waals surface area (Å²) in [6, 6.07) is 16.1. The van der Waals surface area contributed by atoms with Crippen molar-refractivity contribution in [2.24, 2.45) is 0 Å². The molecular formula is C23H27N3O2S. The van der Waals surface area contributed by atoms with Gasteiger partial charge in [-0.05, 0) is 46.7 Å². The summed E-state index contributed by atoms with van der Waals surface area (Å²) in [6.45, 7) is 4.93. The van der Waals surface area contributed by atoms with Crippen LogP contribution >= 0.6 is 11.3 Å². The number of aromatic nitrogens is 1. The molecule has 6 heteroatoms. The van der Waals surface area contributed by atoms with Gasteiger partial charge in [0, 0.05) is 45.1 Å². The van der Waals surface area contributed by atoms with Gasteiger partial charge in [-0.15, -0.1) is 0 Å². The Bertz CT molecular complexity index is 823. The molecule has 0 spiro atoms. The number of carbonyl (C=O) groups excluding carboxylic acids is 1. The van der Waals surface area contributed by atoms with Gasteiger partial charge in [-0.2, -0.15) is 11.3 Å². The average Bonchev–Trinajstić information content (AvgIpc) is 3.48. The number of piperazine rings is 1. The lowest BCUT2D eigenvalue weighted by Gasteiger charge is -2.35. The van der Waals surface area contributed by atoms with Gasteiger partial charge in [0.1, 0.15) is 12.4 Å². The highest BCUT2D eigenvalue weighted by Crippen LogP contribution is 2.25. The fraction of sp³-hybridized carbons (Fsp3) is 0.348. The first kappa shape index (κ1) is 19.7. The third kappa shape index (κ3) is 5.28. The smallest absolute Gasteiger partial charge is 0.225 e. The Balaban J connectivity index is 1.25. The van der Waals surface area contributed by atoms with Gasteiger partial charge in [-0.25, -0.2) is 0 Å². The van der Waals surface area contributed by atoms with Gasteiger partial charge >= 0.3 is 0 Å². The molecule has 1 fully saturated rings. The maximum absolute atomic E-state index is 13.0. The topological polar surface area (TPSA) is 37.7 Å². The van der Waals surface area contributed by atoms with Gasteiger partial charge < -0.3 is 14.2 Å². The Morgan fingerprint density at radius 2 is 1.76 bits per heavy atom. The van der Waals surface area contributed by atoms with E-state index in [0.29, 0.717) is 13.0 Å². The van der Waals surface area contributed by atoms with Crippen molar-refractivity contribution >= 4 is 17.2 Å². The second kappa shape index (κ2) is 9.76. The molecule has 0 saturated carbocycles. The first-order chi connectivity index (χ1) is 14.3. The van der Waals surface area contributed by atoms with Crippen molar-refractivity contribution in [3.63, 3.8) is 0 Å². The van der Waals surface area contributed by atoms with E-state index >= 15 is 0 Å². The van der Waals surface area contributed by atoms with E-state index in [1.807, 2.05) is 59.8 Å². The predicted molar refractivity (Wildman–Crippen MR) is 116 cm³/mol. The number of carbonyl (C=O) groups is 1. The fourth-order valence-electron chi connectivity index (χ4n) is 3.74. The Hall–Kier alpha value is -2.57. The lowest BCUT2D eigenvalue weighted by Crippen LogP contribution is -2.49. The third-order valence-electron chi connectivity index (χ3n) is 5.43. The first-order valence-electron chi connectivity index (χ1n) is 10.1. The molecule has 4 rings (SSSR count). The quantitative estimate of drug-likeness (QED) is 0.569.